The molecule has 6 heteroatoms. The summed E-state index contributed by atoms with van der Waals surface area (Å²) in [5, 5.41) is 0.819. The Labute approximate surface area is 188 Å². The molecule has 1 atom stereocenters. The minimum Gasteiger partial charge on any atom is -0.497 e. The van der Waals surface area contributed by atoms with Crippen molar-refractivity contribution in [3.05, 3.63) is 59.7 Å². The highest BCUT2D eigenvalue weighted by molar-refractivity contribution is 6.07. The van der Waals surface area contributed by atoms with E-state index in [9.17, 15) is 9.59 Å². The number of benzene rings is 2. The van der Waals surface area contributed by atoms with Crippen LogP contribution in [0, 0.1) is 12.8 Å². The smallest absolute Gasteiger partial charge is 0.310 e. The number of nitrogens with zero attached hydrogens (tertiary/aromatic N) is 2. The third-order valence-electron chi connectivity index (χ3n) is 5.89. The molecule has 0 bridgehead atoms. The molecule has 1 amide bonds. The summed E-state index contributed by atoms with van der Waals surface area (Å²) >= 11 is 0. The van der Waals surface area contributed by atoms with Gasteiger partial charge < -0.3 is 14.4 Å². The van der Waals surface area contributed by atoms with Gasteiger partial charge in [0.25, 0.3) is 5.91 Å². The second-order valence-electron chi connectivity index (χ2n) is 8.15. The van der Waals surface area contributed by atoms with E-state index in [2.05, 4.69) is 0 Å². The lowest BCUT2D eigenvalue weighted by atomic mass is 9.96. The SMILES string of the molecule is CCOC(=O)C1CCCN(C(=O)c2cc(-c3cccc(OC)c3)nc3ccc(C)cc23)C1. The molecule has 32 heavy (non-hydrogen) atoms. The second-order valence-corrected chi connectivity index (χ2v) is 8.15. The Morgan fingerprint density at radius 3 is 2.78 bits per heavy atom. The van der Waals surface area contributed by atoms with Crippen LogP contribution >= 0.6 is 0 Å². The van der Waals surface area contributed by atoms with Crippen molar-refractivity contribution < 1.29 is 19.1 Å². The van der Waals surface area contributed by atoms with Crippen molar-refractivity contribution in [2.45, 2.75) is 26.7 Å². The molecule has 1 aliphatic rings. The van der Waals surface area contributed by atoms with Crippen LogP contribution in [0.5, 0.6) is 5.75 Å². The third-order valence-corrected chi connectivity index (χ3v) is 5.89. The third kappa shape index (κ3) is 4.44. The number of methoxy groups -OCH3 is 1. The summed E-state index contributed by atoms with van der Waals surface area (Å²) < 4.78 is 10.6. The molecule has 2 aromatic carbocycles. The zero-order valence-electron chi connectivity index (χ0n) is 18.8. The van der Waals surface area contributed by atoms with E-state index in [0.29, 0.717) is 31.0 Å². The van der Waals surface area contributed by atoms with Crippen molar-refractivity contribution in [3.8, 4) is 17.0 Å². The molecule has 0 spiro atoms. The van der Waals surface area contributed by atoms with E-state index in [1.807, 2.05) is 55.5 Å². The molecule has 1 aliphatic heterocycles. The van der Waals surface area contributed by atoms with Gasteiger partial charge in [-0.05, 0) is 57.0 Å². The average molecular weight is 433 g/mol. The van der Waals surface area contributed by atoms with E-state index in [1.54, 1.807) is 18.9 Å². The van der Waals surface area contributed by atoms with Crippen molar-refractivity contribution >= 4 is 22.8 Å². The van der Waals surface area contributed by atoms with Crippen LogP contribution in [0.4, 0.5) is 0 Å². The molecule has 2 heterocycles. The summed E-state index contributed by atoms with van der Waals surface area (Å²) in [4.78, 5) is 32.5. The molecule has 3 aromatic rings. The molecule has 166 valence electrons. The minimum absolute atomic E-state index is 0.0823. The lowest BCUT2D eigenvalue weighted by Gasteiger charge is -2.32. The maximum atomic E-state index is 13.7. The molecule has 0 saturated carbocycles. The fraction of sp³-hybridized carbons (Fsp3) is 0.346. The van der Waals surface area contributed by atoms with Crippen LogP contribution in [0.1, 0.15) is 35.7 Å². The highest BCUT2D eigenvalue weighted by Gasteiger charge is 2.30. The summed E-state index contributed by atoms with van der Waals surface area (Å²) in [5.74, 6) is 0.147. The van der Waals surface area contributed by atoms with Gasteiger partial charge in [-0.2, -0.15) is 0 Å². The summed E-state index contributed by atoms with van der Waals surface area (Å²) in [5.41, 5.74) is 4.01. The van der Waals surface area contributed by atoms with Gasteiger partial charge in [-0.15, -0.1) is 0 Å². The first-order chi connectivity index (χ1) is 15.5. The zero-order valence-corrected chi connectivity index (χ0v) is 18.8. The van der Waals surface area contributed by atoms with E-state index in [-0.39, 0.29) is 17.8 Å². The van der Waals surface area contributed by atoms with Crippen LogP contribution in [-0.4, -0.2) is 48.6 Å². The summed E-state index contributed by atoms with van der Waals surface area (Å²) in [6.45, 7) is 5.15. The molecular weight excluding hydrogens is 404 g/mol. The van der Waals surface area contributed by atoms with Gasteiger partial charge in [-0.25, -0.2) is 4.98 Å². The molecular formula is C26H28N2O4. The Kier molecular flexibility index (Phi) is 6.40. The quantitative estimate of drug-likeness (QED) is 0.550. The van der Waals surface area contributed by atoms with Crippen molar-refractivity contribution in [3.63, 3.8) is 0 Å². The Bertz CT molecular complexity index is 1160. The van der Waals surface area contributed by atoms with Gasteiger partial charge in [0.05, 0.1) is 36.4 Å². The van der Waals surface area contributed by atoms with Crippen LogP contribution in [0.2, 0.25) is 0 Å². The number of carbonyl (C=O) groups excluding carboxylic acids is 2. The lowest BCUT2D eigenvalue weighted by molar-refractivity contribution is -0.149. The summed E-state index contributed by atoms with van der Waals surface area (Å²) in [6, 6.07) is 15.4. The van der Waals surface area contributed by atoms with Crippen molar-refractivity contribution in [1.29, 1.82) is 0 Å². The first-order valence-corrected chi connectivity index (χ1v) is 11.0. The monoisotopic (exact) mass is 432 g/mol. The number of carbonyl (C=O) groups is 2. The van der Waals surface area contributed by atoms with Crippen molar-refractivity contribution in [2.24, 2.45) is 5.92 Å². The molecule has 4 rings (SSSR count). The fourth-order valence-corrected chi connectivity index (χ4v) is 4.23. The second kappa shape index (κ2) is 9.39. The van der Waals surface area contributed by atoms with E-state index in [4.69, 9.17) is 14.5 Å². The molecule has 6 nitrogen and oxygen atoms in total. The number of rotatable bonds is 5. The number of aryl methyl sites for hydroxylation is 1. The van der Waals surface area contributed by atoms with E-state index < -0.39 is 0 Å². The molecule has 0 radical (unpaired) electrons. The molecule has 1 saturated heterocycles. The Morgan fingerprint density at radius 2 is 2.00 bits per heavy atom. The van der Waals surface area contributed by atoms with E-state index in [1.165, 1.54) is 0 Å². The molecule has 1 aromatic heterocycles. The predicted molar refractivity (Wildman–Crippen MR) is 124 cm³/mol. The minimum atomic E-state index is -0.277. The van der Waals surface area contributed by atoms with Crippen LogP contribution in [0.3, 0.4) is 0 Å². The lowest BCUT2D eigenvalue weighted by Crippen LogP contribution is -2.42. The Hall–Kier alpha value is -3.41. The van der Waals surface area contributed by atoms with Gasteiger partial charge >= 0.3 is 5.97 Å². The van der Waals surface area contributed by atoms with Crippen molar-refractivity contribution in [1.82, 2.24) is 9.88 Å². The molecule has 0 N–H and O–H groups in total. The first kappa shape index (κ1) is 21.8. The number of amides is 1. The number of piperidine rings is 1. The Morgan fingerprint density at radius 1 is 1.16 bits per heavy atom. The molecule has 0 aliphatic carbocycles. The standard InChI is InChI=1S/C26H28N2O4/c1-4-32-26(30)19-8-6-12-28(16-19)25(29)22-15-24(18-7-5-9-20(14-18)31-3)27-23-11-10-17(2)13-21(22)23/h5,7,9-11,13-15,19H,4,6,8,12,16H2,1-3H3. The van der Waals surface area contributed by atoms with Crippen LogP contribution < -0.4 is 4.74 Å². The number of likely N-dealkylation sites (tertiary alicyclic amines) is 1. The molecule has 1 unspecified atom stereocenters. The number of hydrogen-bond acceptors (Lipinski definition) is 5. The van der Waals surface area contributed by atoms with Crippen LogP contribution in [0.25, 0.3) is 22.2 Å². The summed E-state index contributed by atoms with van der Waals surface area (Å²) in [7, 11) is 1.63. The topological polar surface area (TPSA) is 68.7 Å². The normalized spacial score (nSPS) is 16.1. The predicted octanol–water partition coefficient (Wildman–Crippen LogP) is 4.63. The number of esters is 1. The van der Waals surface area contributed by atoms with Gasteiger partial charge in [-0.3, -0.25) is 9.59 Å². The number of ether oxygens (including phenoxy) is 2. The maximum Gasteiger partial charge on any atom is 0.310 e. The van der Waals surface area contributed by atoms with E-state index >= 15 is 0 Å². The highest BCUT2D eigenvalue weighted by atomic mass is 16.5. The number of fused-ring (bicyclic) bond motifs is 1. The maximum absolute atomic E-state index is 13.7. The van der Waals surface area contributed by atoms with E-state index in [0.717, 1.165) is 40.6 Å². The van der Waals surface area contributed by atoms with Crippen LogP contribution in [0.15, 0.2) is 48.5 Å². The number of pyridine rings is 1. The highest BCUT2D eigenvalue weighted by Crippen LogP contribution is 2.29. The Balaban J connectivity index is 1.75. The van der Waals surface area contributed by atoms with Crippen LogP contribution in [-0.2, 0) is 9.53 Å². The number of hydrogen-bond donors (Lipinski definition) is 0. The molecule has 1 fully saturated rings. The first-order valence-electron chi connectivity index (χ1n) is 11.0. The van der Waals surface area contributed by atoms with Gasteiger partial charge in [-0.1, -0.05) is 23.8 Å². The number of aromatic nitrogens is 1. The van der Waals surface area contributed by atoms with Gasteiger partial charge in [0.1, 0.15) is 5.75 Å². The van der Waals surface area contributed by atoms with Gasteiger partial charge in [0.15, 0.2) is 0 Å². The average Bonchev–Trinajstić information content (AvgIpc) is 2.83. The fourth-order valence-electron chi connectivity index (χ4n) is 4.23. The zero-order chi connectivity index (χ0) is 22.7. The van der Waals surface area contributed by atoms with Crippen molar-refractivity contribution in [2.75, 3.05) is 26.8 Å². The van der Waals surface area contributed by atoms with Gasteiger partial charge in [0, 0.05) is 24.0 Å². The van der Waals surface area contributed by atoms with Gasteiger partial charge in [0.2, 0.25) is 0 Å². The summed E-state index contributed by atoms with van der Waals surface area (Å²) in [6.07, 6.45) is 1.52. The largest absolute Gasteiger partial charge is 0.497 e.